The number of anilines is 1. The molecule has 1 aliphatic rings. The van der Waals surface area contributed by atoms with Crippen LogP contribution in [0, 0.1) is 18.3 Å². The molecule has 29 heavy (non-hydrogen) atoms. The molecule has 1 unspecified atom stereocenters. The van der Waals surface area contributed by atoms with Gasteiger partial charge in [0.05, 0.1) is 0 Å². The molecule has 2 aromatic rings. The third-order valence-electron chi connectivity index (χ3n) is 5.60. The van der Waals surface area contributed by atoms with Gasteiger partial charge in [-0.2, -0.15) is 0 Å². The zero-order chi connectivity index (χ0) is 20.6. The number of benzene rings is 2. The van der Waals surface area contributed by atoms with Crippen LogP contribution in [-0.2, 0) is 6.61 Å². The van der Waals surface area contributed by atoms with Crippen molar-refractivity contribution in [3.8, 4) is 5.75 Å². The maximum Gasteiger partial charge on any atom is 0.198 e. The Morgan fingerprint density at radius 1 is 1.21 bits per heavy atom. The SMILES string of the molecule is Cc1ccccc1COc1ccc(N(CCCN)C(=N)N2CCCC(C)C2)cc1. The van der Waals surface area contributed by atoms with Crippen LogP contribution in [-0.4, -0.2) is 37.0 Å². The fraction of sp³-hybridized carbons (Fsp3) is 0.458. The van der Waals surface area contributed by atoms with Gasteiger partial charge in [-0.3, -0.25) is 5.41 Å². The van der Waals surface area contributed by atoms with Crippen molar-refractivity contribution in [3.63, 3.8) is 0 Å². The summed E-state index contributed by atoms with van der Waals surface area (Å²) < 4.78 is 5.98. The van der Waals surface area contributed by atoms with Gasteiger partial charge in [0.2, 0.25) is 0 Å². The predicted molar refractivity (Wildman–Crippen MR) is 121 cm³/mol. The third kappa shape index (κ3) is 5.73. The zero-order valence-electron chi connectivity index (χ0n) is 17.7. The molecule has 0 aliphatic carbocycles. The number of hydrogen-bond donors (Lipinski definition) is 2. The first-order valence-electron chi connectivity index (χ1n) is 10.7. The van der Waals surface area contributed by atoms with E-state index in [1.807, 2.05) is 36.4 Å². The van der Waals surface area contributed by atoms with Crippen LogP contribution in [0.4, 0.5) is 5.69 Å². The number of likely N-dealkylation sites (tertiary alicyclic amines) is 1. The first-order valence-corrected chi connectivity index (χ1v) is 10.7. The zero-order valence-corrected chi connectivity index (χ0v) is 17.7. The van der Waals surface area contributed by atoms with Gasteiger partial charge >= 0.3 is 0 Å². The van der Waals surface area contributed by atoms with Gasteiger partial charge in [0, 0.05) is 25.3 Å². The fourth-order valence-electron chi connectivity index (χ4n) is 3.81. The van der Waals surface area contributed by atoms with Gasteiger partial charge in [-0.15, -0.1) is 0 Å². The van der Waals surface area contributed by atoms with E-state index in [4.69, 9.17) is 15.9 Å². The average Bonchev–Trinajstić information content (AvgIpc) is 2.74. The number of piperidine rings is 1. The van der Waals surface area contributed by atoms with Crippen LogP contribution in [0.3, 0.4) is 0 Å². The Bertz CT molecular complexity index is 790. The lowest BCUT2D eigenvalue weighted by atomic mass is 10.0. The van der Waals surface area contributed by atoms with E-state index in [2.05, 4.69) is 35.8 Å². The standard InChI is InChI=1S/C24H34N4O/c1-19-7-5-15-27(17-19)24(26)28(16-6-14-25)22-10-12-23(13-11-22)29-18-21-9-4-3-8-20(21)2/h3-4,8-13,19,26H,5-7,14-18,25H2,1-2H3. The quantitative estimate of drug-likeness (QED) is 0.540. The summed E-state index contributed by atoms with van der Waals surface area (Å²) in [5.74, 6) is 2.06. The van der Waals surface area contributed by atoms with Crippen molar-refractivity contribution in [3.05, 3.63) is 59.7 Å². The minimum atomic E-state index is 0.560. The lowest BCUT2D eigenvalue weighted by Gasteiger charge is -2.38. The van der Waals surface area contributed by atoms with Gasteiger partial charge in [0.1, 0.15) is 12.4 Å². The topological polar surface area (TPSA) is 65.6 Å². The normalized spacial score (nSPS) is 16.5. The van der Waals surface area contributed by atoms with Crippen LogP contribution in [0.5, 0.6) is 5.75 Å². The molecule has 0 bridgehead atoms. The molecule has 0 radical (unpaired) electrons. The van der Waals surface area contributed by atoms with Gasteiger partial charge in [-0.05, 0) is 74.0 Å². The largest absolute Gasteiger partial charge is 0.489 e. The molecule has 3 rings (SSSR count). The van der Waals surface area contributed by atoms with E-state index in [0.29, 0.717) is 25.0 Å². The number of nitrogens with one attached hydrogen (secondary N) is 1. The number of ether oxygens (including phenoxy) is 1. The Labute approximate surface area is 175 Å². The average molecular weight is 395 g/mol. The highest BCUT2D eigenvalue weighted by molar-refractivity contribution is 5.94. The van der Waals surface area contributed by atoms with E-state index in [1.165, 1.54) is 17.5 Å². The first-order chi connectivity index (χ1) is 14.1. The van der Waals surface area contributed by atoms with Gasteiger partial charge in [-0.1, -0.05) is 31.2 Å². The van der Waals surface area contributed by atoms with Gasteiger partial charge in [0.15, 0.2) is 5.96 Å². The van der Waals surface area contributed by atoms with Crippen molar-refractivity contribution in [1.29, 1.82) is 5.41 Å². The molecule has 1 fully saturated rings. The van der Waals surface area contributed by atoms with Crippen LogP contribution in [0.2, 0.25) is 0 Å². The van der Waals surface area contributed by atoms with E-state index >= 15 is 0 Å². The lowest BCUT2D eigenvalue weighted by molar-refractivity contribution is 0.268. The van der Waals surface area contributed by atoms with E-state index in [9.17, 15) is 0 Å². The molecule has 1 saturated heterocycles. The summed E-state index contributed by atoms with van der Waals surface area (Å²) in [7, 11) is 0. The highest BCUT2D eigenvalue weighted by Crippen LogP contribution is 2.24. The number of nitrogens with zero attached hydrogens (tertiary/aromatic N) is 2. The Kier molecular flexibility index (Phi) is 7.53. The second kappa shape index (κ2) is 10.3. The molecule has 156 valence electrons. The molecule has 0 aromatic heterocycles. The van der Waals surface area contributed by atoms with Crippen molar-refractivity contribution < 1.29 is 4.74 Å². The number of rotatable bonds is 7. The van der Waals surface area contributed by atoms with E-state index in [0.717, 1.165) is 43.9 Å². The number of guanidine groups is 1. The molecule has 1 aliphatic heterocycles. The van der Waals surface area contributed by atoms with E-state index in [-0.39, 0.29) is 0 Å². The van der Waals surface area contributed by atoms with Gasteiger partial charge in [-0.25, -0.2) is 0 Å². The van der Waals surface area contributed by atoms with Crippen LogP contribution in [0.15, 0.2) is 48.5 Å². The van der Waals surface area contributed by atoms with Crippen LogP contribution in [0.1, 0.15) is 37.3 Å². The molecule has 0 spiro atoms. The molecule has 1 heterocycles. The summed E-state index contributed by atoms with van der Waals surface area (Å²) in [5, 5.41) is 8.80. The second-order valence-corrected chi connectivity index (χ2v) is 8.02. The van der Waals surface area contributed by atoms with Crippen molar-refractivity contribution in [2.45, 2.75) is 39.7 Å². The van der Waals surface area contributed by atoms with E-state index in [1.54, 1.807) is 0 Å². The van der Waals surface area contributed by atoms with Crippen molar-refractivity contribution >= 4 is 11.6 Å². The smallest absolute Gasteiger partial charge is 0.198 e. The molecule has 0 amide bonds. The molecule has 1 atom stereocenters. The minimum Gasteiger partial charge on any atom is -0.489 e. The first kappa shape index (κ1) is 21.2. The summed E-state index contributed by atoms with van der Waals surface area (Å²) in [6.45, 7) is 8.22. The van der Waals surface area contributed by atoms with Crippen molar-refractivity contribution in [2.75, 3.05) is 31.1 Å². The Morgan fingerprint density at radius 3 is 2.66 bits per heavy atom. The van der Waals surface area contributed by atoms with Crippen molar-refractivity contribution in [1.82, 2.24) is 4.90 Å². The minimum absolute atomic E-state index is 0.560. The lowest BCUT2D eigenvalue weighted by Crippen LogP contribution is -2.48. The predicted octanol–water partition coefficient (Wildman–Crippen LogP) is 4.40. The Balaban J connectivity index is 1.68. The molecule has 3 N–H and O–H groups in total. The number of aryl methyl sites for hydroxylation is 1. The Hall–Kier alpha value is -2.53. The van der Waals surface area contributed by atoms with Crippen LogP contribution in [0.25, 0.3) is 0 Å². The van der Waals surface area contributed by atoms with E-state index < -0.39 is 0 Å². The molecule has 2 aromatic carbocycles. The molecular formula is C24H34N4O. The van der Waals surface area contributed by atoms with Crippen molar-refractivity contribution in [2.24, 2.45) is 11.7 Å². The number of hydrogen-bond acceptors (Lipinski definition) is 3. The summed E-state index contributed by atoms with van der Waals surface area (Å²) >= 11 is 0. The van der Waals surface area contributed by atoms with Crippen LogP contribution >= 0.6 is 0 Å². The molecular weight excluding hydrogens is 360 g/mol. The summed E-state index contributed by atoms with van der Waals surface area (Å²) in [6, 6.07) is 16.4. The number of nitrogens with two attached hydrogens (primary N) is 1. The molecule has 5 nitrogen and oxygen atoms in total. The molecule has 5 heteroatoms. The highest BCUT2D eigenvalue weighted by Gasteiger charge is 2.23. The summed E-state index contributed by atoms with van der Waals surface area (Å²) in [6.07, 6.45) is 3.26. The fourth-order valence-corrected chi connectivity index (χ4v) is 3.81. The van der Waals surface area contributed by atoms with Crippen LogP contribution < -0.4 is 15.4 Å². The monoisotopic (exact) mass is 394 g/mol. The van der Waals surface area contributed by atoms with Gasteiger partial charge in [0.25, 0.3) is 0 Å². The maximum atomic E-state index is 8.80. The second-order valence-electron chi connectivity index (χ2n) is 8.02. The molecule has 0 saturated carbocycles. The highest BCUT2D eigenvalue weighted by atomic mass is 16.5. The third-order valence-corrected chi connectivity index (χ3v) is 5.60. The maximum absolute atomic E-state index is 8.80. The van der Waals surface area contributed by atoms with Gasteiger partial charge < -0.3 is 20.3 Å². The summed E-state index contributed by atoms with van der Waals surface area (Å²) in [5.41, 5.74) is 9.21. The Morgan fingerprint density at radius 2 is 1.97 bits per heavy atom. The summed E-state index contributed by atoms with van der Waals surface area (Å²) in [4.78, 5) is 4.28.